The van der Waals surface area contributed by atoms with Crippen LogP contribution in [-0.4, -0.2) is 42.4 Å². The van der Waals surface area contributed by atoms with Crippen molar-refractivity contribution in [2.24, 2.45) is 5.92 Å². The largest absolute Gasteiger partial charge is 0.388 e. The van der Waals surface area contributed by atoms with Crippen LogP contribution >= 0.6 is 0 Å². The number of likely N-dealkylation sites (tertiary alicyclic amines) is 1. The number of hydrogen-bond acceptors (Lipinski definition) is 3. The summed E-state index contributed by atoms with van der Waals surface area (Å²) in [5.74, 6) is 0.409. The zero-order valence-corrected chi connectivity index (χ0v) is 12.8. The molecular weight excluding hydrogens is 262 g/mol. The van der Waals surface area contributed by atoms with Gasteiger partial charge < -0.3 is 14.7 Å². The van der Waals surface area contributed by atoms with Gasteiger partial charge in [-0.1, -0.05) is 30.3 Å². The normalized spacial score (nSPS) is 26.0. The minimum atomic E-state index is -0.300. The van der Waals surface area contributed by atoms with E-state index in [1.165, 1.54) is 19.3 Å². The molecule has 21 heavy (non-hydrogen) atoms. The summed E-state index contributed by atoms with van der Waals surface area (Å²) in [5, 5.41) is 10.5. The second kappa shape index (κ2) is 7.39. The maximum absolute atomic E-state index is 10.5. The minimum Gasteiger partial charge on any atom is -0.388 e. The molecule has 0 saturated carbocycles. The fourth-order valence-corrected chi connectivity index (χ4v) is 3.61. The molecule has 2 fully saturated rings. The van der Waals surface area contributed by atoms with Crippen molar-refractivity contribution in [3.63, 3.8) is 0 Å². The van der Waals surface area contributed by atoms with Crippen LogP contribution in [-0.2, 0) is 4.74 Å². The summed E-state index contributed by atoms with van der Waals surface area (Å²) in [5.41, 5.74) is 1.07. The summed E-state index contributed by atoms with van der Waals surface area (Å²) in [6.45, 7) is 4.33. The summed E-state index contributed by atoms with van der Waals surface area (Å²) < 4.78 is 5.69. The van der Waals surface area contributed by atoms with Crippen LogP contribution in [0.15, 0.2) is 30.3 Å². The van der Waals surface area contributed by atoms with Crippen molar-refractivity contribution in [2.75, 3.05) is 26.2 Å². The lowest BCUT2D eigenvalue weighted by atomic mass is 9.87. The summed E-state index contributed by atoms with van der Waals surface area (Å²) in [7, 11) is 0. The van der Waals surface area contributed by atoms with Crippen molar-refractivity contribution in [1.82, 2.24) is 4.90 Å². The van der Waals surface area contributed by atoms with Gasteiger partial charge in [-0.3, -0.25) is 0 Å². The fourth-order valence-electron chi connectivity index (χ4n) is 3.61. The lowest BCUT2D eigenvalue weighted by Crippen LogP contribution is -2.37. The molecule has 3 rings (SSSR count). The molecule has 0 aromatic heterocycles. The van der Waals surface area contributed by atoms with E-state index in [0.717, 1.165) is 44.6 Å². The summed E-state index contributed by atoms with van der Waals surface area (Å²) in [6.07, 6.45) is 6.04. The third-order valence-corrected chi connectivity index (χ3v) is 5.01. The van der Waals surface area contributed by atoms with E-state index >= 15 is 0 Å². The Kier molecular flexibility index (Phi) is 5.28. The standard InChI is InChI=1S/C18H27NO2/c20-18(15-5-2-1-3-6-15)16-8-11-19(12-9-16)13-10-17-7-4-14-21-17/h1-3,5-6,16-18,20H,4,7-14H2/t17-,18+/m1/s1. The number of piperidine rings is 1. The molecule has 2 aliphatic rings. The van der Waals surface area contributed by atoms with E-state index < -0.39 is 0 Å². The zero-order valence-electron chi connectivity index (χ0n) is 12.8. The number of aliphatic hydroxyl groups excluding tert-OH is 1. The number of ether oxygens (including phenoxy) is 1. The van der Waals surface area contributed by atoms with E-state index in [2.05, 4.69) is 4.90 Å². The van der Waals surface area contributed by atoms with Crippen LogP contribution < -0.4 is 0 Å². The SMILES string of the molecule is O[C@@H](c1ccccc1)C1CCN(CC[C@H]2CCCO2)CC1. The molecule has 1 aromatic rings. The van der Waals surface area contributed by atoms with E-state index in [1.54, 1.807) is 0 Å². The predicted molar refractivity (Wildman–Crippen MR) is 84.2 cm³/mol. The van der Waals surface area contributed by atoms with Gasteiger partial charge in [0, 0.05) is 13.2 Å². The Morgan fingerprint density at radius 3 is 2.57 bits per heavy atom. The van der Waals surface area contributed by atoms with Gasteiger partial charge in [-0.05, 0) is 56.7 Å². The number of benzene rings is 1. The first-order chi connectivity index (χ1) is 10.3. The Balaban J connectivity index is 1.42. The van der Waals surface area contributed by atoms with Gasteiger partial charge >= 0.3 is 0 Å². The van der Waals surface area contributed by atoms with Gasteiger partial charge in [-0.15, -0.1) is 0 Å². The first-order valence-electron chi connectivity index (χ1n) is 8.40. The monoisotopic (exact) mass is 289 g/mol. The average Bonchev–Trinajstić information content (AvgIpc) is 3.07. The quantitative estimate of drug-likeness (QED) is 0.904. The predicted octanol–water partition coefficient (Wildman–Crippen LogP) is 3.00. The second-order valence-electron chi connectivity index (χ2n) is 6.46. The van der Waals surface area contributed by atoms with E-state index in [0.29, 0.717) is 12.0 Å². The first kappa shape index (κ1) is 15.0. The molecule has 0 bridgehead atoms. The van der Waals surface area contributed by atoms with Crippen LogP contribution in [0.4, 0.5) is 0 Å². The zero-order chi connectivity index (χ0) is 14.5. The third kappa shape index (κ3) is 4.06. The topological polar surface area (TPSA) is 32.7 Å². The molecule has 0 amide bonds. The van der Waals surface area contributed by atoms with Crippen molar-refractivity contribution in [3.8, 4) is 0 Å². The highest BCUT2D eigenvalue weighted by Crippen LogP contribution is 2.30. The van der Waals surface area contributed by atoms with Crippen LogP contribution in [0.1, 0.15) is 43.8 Å². The Labute approximate surface area is 127 Å². The number of aliphatic hydroxyl groups is 1. The van der Waals surface area contributed by atoms with E-state index in [-0.39, 0.29) is 6.10 Å². The first-order valence-corrected chi connectivity index (χ1v) is 8.40. The molecule has 0 aliphatic carbocycles. The molecule has 0 spiro atoms. The highest BCUT2D eigenvalue weighted by Gasteiger charge is 2.26. The molecule has 2 saturated heterocycles. The number of rotatable bonds is 5. The average molecular weight is 289 g/mol. The van der Waals surface area contributed by atoms with Gasteiger partial charge in [0.25, 0.3) is 0 Å². The van der Waals surface area contributed by atoms with Crippen molar-refractivity contribution in [1.29, 1.82) is 0 Å². The highest BCUT2D eigenvalue weighted by molar-refractivity contribution is 5.18. The van der Waals surface area contributed by atoms with Crippen molar-refractivity contribution in [3.05, 3.63) is 35.9 Å². The maximum atomic E-state index is 10.5. The maximum Gasteiger partial charge on any atom is 0.0819 e. The highest BCUT2D eigenvalue weighted by atomic mass is 16.5. The van der Waals surface area contributed by atoms with Crippen LogP contribution in [0, 0.1) is 5.92 Å². The molecule has 3 nitrogen and oxygen atoms in total. The molecule has 2 heterocycles. The van der Waals surface area contributed by atoms with Gasteiger partial charge in [-0.2, -0.15) is 0 Å². The van der Waals surface area contributed by atoms with E-state index in [4.69, 9.17) is 4.74 Å². The third-order valence-electron chi connectivity index (χ3n) is 5.01. The molecule has 116 valence electrons. The Bertz CT molecular complexity index is 408. The second-order valence-corrected chi connectivity index (χ2v) is 6.46. The Morgan fingerprint density at radius 1 is 1.14 bits per heavy atom. The van der Waals surface area contributed by atoms with Gasteiger partial charge in [0.05, 0.1) is 12.2 Å². The molecular formula is C18H27NO2. The molecule has 1 N–H and O–H groups in total. The van der Waals surface area contributed by atoms with Crippen LogP contribution in [0.5, 0.6) is 0 Å². The molecule has 2 atom stereocenters. The van der Waals surface area contributed by atoms with Crippen molar-refractivity contribution < 1.29 is 9.84 Å². The number of nitrogens with zero attached hydrogens (tertiary/aromatic N) is 1. The molecule has 3 heteroatoms. The minimum absolute atomic E-state index is 0.300. The van der Waals surface area contributed by atoms with Crippen LogP contribution in [0.2, 0.25) is 0 Å². The molecule has 2 aliphatic heterocycles. The molecule has 1 aromatic carbocycles. The van der Waals surface area contributed by atoms with E-state index in [9.17, 15) is 5.11 Å². The lowest BCUT2D eigenvalue weighted by molar-refractivity contribution is 0.0485. The van der Waals surface area contributed by atoms with Crippen LogP contribution in [0.25, 0.3) is 0 Å². The van der Waals surface area contributed by atoms with Gasteiger partial charge in [-0.25, -0.2) is 0 Å². The fraction of sp³-hybridized carbons (Fsp3) is 0.667. The summed E-state index contributed by atoms with van der Waals surface area (Å²) in [4.78, 5) is 2.54. The van der Waals surface area contributed by atoms with Crippen molar-refractivity contribution >= 4 is 0 Å². The smallest absolute Gasteiger partial charge is 0.0819 e. The molecule has 0 unspecified atom stereocenters. The summed E-state index contributed by atoms with van der Waals surface area (Å²) >= 11 is 0. The van der Waals surface area contributed by atoms with Crippen molar-refractivity contribution in [2.45, 2.75) is 44.3 Å². The van der Waals surface area contributed by atoms with Crippen LogP contribution in [0.3, 0.4) is 0 Å². The Morgan fingerprint density at radius 2 is 1.90 bits per heavy atom. The van der Waals surface area contributed by atoms with E-state index in [1.807, 2.05) is 30.3 Å². The summed E-state index contributed by atoms with van der Waals surface area (Å²) in [6, 6.07) is 10.1. The van der Waals surface area contributed by atoms with Gasteiger partial charge in [0.1, 0.15) is 0 Å². The van der Waals surface area contributed by atoms with Gasteiger partial charge in [0.2, 0.25) is 0 Å². The Hall–Kier alpha value is -0.900. The van der Waals surface area contributed by atoms with Gasteiger partial charge in [0.15, 0.2) is 0 Å². The number of hydrogen-bond donors (Lipinski definition) is 1. The molecule has 0 radical (unpaired) electrons. The lowest BCUT2D eigenvalue weighted by Gasteiger charge is -2.34.